The van der Waals surface area contributed by atoms with Crippen molar-refractivity contribution in [1.82, 2.24) is 20.2 Å². The van der Waals surface area contributed by atoms with E-state index in [0.29, 0.717) is 27.9 Å². The summed E-state index contributed by atoms with van der Waals surface area (Å²) in [4.78, 5) is 20.1. The van der Waals surface area contributed by atoms with Crippen LogP contribution in [0, 0.1) is 6.92 Å². The second kappa shape index (κ2) is 6.07. The molecule has 0 spiro atoms. The number of hydrogen-bond acceptors (Lipinski definition) is 3. The number of aromatic amines is 2. The van der Waals surface area contributed by atoms with Gasteiger partial charge in [-0.3, -0.25) is 9.89 Å². The Morgan fingerprint density at radius 1 is 1.16 bits per heavy atom. The summed E-state index contributed by atoms with van der Waals surface area (Å²) < 4.78 is 0. The number of aryl methyl sites for hydroxylation is 1. The highest BCUT2D eigenvalue weighted by Crippen LogP contribution is 2.22. The summed E-state index contributed by atoms with van der Waals surface area (Å²) in [5.41, 5.74) is 3.88. The number of fused-ring (bicyclic) bond motifs is 1. The Morgan fingerprint density at radius 3 is 2.80 bits per heavy atom. The number of hydrogen-bond donors (Lipinski definition) is 3. The number of amides is 1. The monoisotopic (exact) mass is 351 g/mol. The summed E-state index contributed by atoms with van der Waals surface area (Å²) in [6.45, 7) is 1.92. The van der Waals surface area contributed by atoms with Crippen LogP contribution < -0.4 is 5.32 Å². The number of imidazole rings is 1. The number of halogens is 1. The zero-order chi connectivity index (χ0) is 17.4. The van der Waals surface area contributed by atoms with Crippen LogP contribution in [0.1, 0.15) is 15.9 Å². The molecule has 0 saturated carbocycles. The molecule has 7 heteroatoms. The summed E-state index contributed by atoms with van der Waals surface area (Å²) >= 11 is 6.13. The van der Waals surface area contributed by atoms with Gasteiger partial charge in [-0.05, 0) is 36.8 Å². The molecule has 2 aromatic carbocycles. The lowest BCUT2D eigenvalue weighted by Gasteiger charge is -2.04. The Labute approximate surface area is 148 Å². The van der Waals surface area contributed by atoms with Gasteiger partial charge in [-0.1, -0.05) is 29.8 Å². The fourth-order valence-corrected chi connectivity index (χ4v) is 2.90. The molecule has 0 radical (unpaired) electrons. The van der Waals surface area contributed by atoms with Crippen molar-refractivity contribution >= 4 is 34.4 Å². The Kier molecular flexibility index (Phi) is 3.74. The van der Waals surface area contributed by atoms with Crippen molar-refractivity contribution < 1.29 is 4.79 Å². The van der Waals surface area contributed by atoms with Gasteiger partial charge >= 0.3 is 0 Å². The van der Waals surface area contributed by atoms with Crippen molar-refractivity contribution in [2.45, 2.75) is 6.92 Å². The second-order valence-corrected chi connectivity index (χ2v) is 6.11. The number of aromatic nitrogens is 4. The lowest BCUT2D eigenvalue weighted by atomic mass is 10.1. The molecule has 0 bridgehead atoms. The van der Waals surface area contributed by atoms with Crippen molar-refractivity contribution in [3.63, 3.8) is 0 Å². The lowest BCUT2D eigenvalue weighted by molar-refractivity contribution is 0.102. The average Bonchev–Trinajstić information content (AvgIpc) is 3.20. The van der Waals surface area contributed by atoms with E-state index >= 15 is 0 Å². The fourth-order valence-electron chi connectivity index (χ4n) is 2.58. The number of para-hydroxylation sites is 2. The van der Waals surface area contributed by atoms with Crippen LogP contribution in [0.3, 0.4) is 0 Å². The van der Waals surface area contributed by atoms with Crippen LogP contribution in [0.5, 0.6) is 0 Å². The Hall–Kier alpha value is -3.12. The van der Waals surface area contributed by atoms with Crippen LogP contribution in [-0.2, 0) is 0 Å². The molecule has 0 unspecified atom stereocenters. The van der Waals surface area contributed by atoms with E-state index in [1.165, 1.54) is 0 Å². The zero-order valence-corrected chi connectivity index (χ0v) is 14.1. The summed E-state index contributed by atoms with van der Waals surface area (Å²) in [5.74, 6) is 0.743. The summed E-state index contributed by atoms with van der Waals surface area (Å²) in [5, 5.41) is 10.1. The van der Waals surface area contributed by atoms with E-state index in [4.69, 9.17) is 11.6 Å². The number of nitrogens with one attached hydrogen (secondary N) is 3. The third-order valence-corrected chi connectivity index (χ3v) is 4.15. The lowest BCUT2D eigenvalue weighted by Crippen LogP contribution is -2.12. The molecule has 0 aliphatic carbocycles. The van der Waals surface area contributed by atoms with Gasteiger partial charge in [-0.15, -0.1) is 0 Å². The number of H-pyrrole nitrogens is 2. The predicted molar refractivity (Wildman–Crippen MR) is 97.8 cm³/mol. The van der Waals surface area contributed by atoms with E-state index in [-0.39, 0.29) is 5.91 Å². The number of carbonyl (C=O) groups excluding carboxylic acids is 1. The molecule has 4 rings (SSSR count). The molecule has 2 aromatic heterocycles. The standard InChI is InChI=1S/C18H14ClN5O/c1-10-6-7-11(12(19)8-10)18(25)22-16-9-15(23-24-16)17-20-13-4-2-3-5-14(13)21-17/h2-9H,1H3,(H,20,21)(H2,22,23,24,25). The van der Waals surface area contributed by atoms with Gasteiger partial charge in [0, 0.05) is 6.07 Å². The second-order valence-electron chi connectivity index (χ2n) is 5.71. The summed E-state index contributed by atoms with van der Waals surface area (Å²) in [6.07, 6.45) is 0. The first-order valence-corrected chi connectivity index (χ1v) is 8.06. The van der Waals surface area contributed by atoms with Gasteiger partial charge in [0.1, 0.15) is 5.69 Å². The molecular formula is C18H14ClN5O. The third-order valence-electron chi connectivity index (χ3n) is 3.83. The van der Waals surface area contributed by atoms with E-state index in [1.54, 1.807) is 18.2 Å². The average molecular weight is 352 g/mol. The number of rotatable bonds is 3. The minimum atomic E-state index is -0.312. The largest absolute Gasteiger partial charge is 0.337 e. The molecule has 0 fully saturated rings. The summed E-state index contributed by atoms with van der Waals surface area (Å²) in [7, 11) is 0. The van der Waals surface area contributed by atoms with Gasteiger partial charge in [0.15, 0.2) is 11.6 Å². The molecule has 1 amide bonds. The van der Waals surface area contributed by atoms with E-state index in [9.17, 15) is 4.79 Å². The summed E-state index contributed by atoms with van der Waals surface area (Å²) in [6, 6.07) is 14.7. The van der Waals surface area contributed by atoms with Crippen LogP contribution >= 0.6 is 11.6 Å². The maximum atomic E-state index is 12.4. The minimum Gasteiger partial charge on any atom is -0.337 e. The van der Waals surface area contributed by atoms with E-state index in [0.717, 1.165) is 16.6 Å². The van der Waals surface area contributed by atoms with E-state index in [2.05, 4.69) is 25.5 Å². The quantitative estimate of drug-likeness (QED) is 0.517. The molecule has 0 aliphatic heterocycles. The molecule has 3 N–H and O–H groups in total. The number of anilines is 1. The van der Waals surface area contributed by atoms with Crippen molar-refractivity contribution in [2.24, 2.45) is 0 Å². The van der Waals surface area contributed by atoms with Crippen LogP contribution in [0.15, 0.2) is 48.5 Å². The maximum Gasteiger partial charge on any atom is 0.258 e. The molecule has 0 aliphatic rings. The first-order valence-electron chi connectivity index (χ1n) is 7.68. The molecule has 124 valence electrons. The van der Waals surface area contributed by atoms with Crippen LogP contribution in [0.25, 0.3) is 22.6 Å². The maximum absolute atomic E-state index is 12.4. The molecule has 6 nitrogen and oxygen atoms in total. The Bertz CT molecular complexity index is 1050. The van der Waals surface area contributed by atoms with Crippen LogP contribution in [-0.4, -0.2) is 26.1 Å². The molecule has 0 saturated heterocycles. The highest BCUT2D eigenvalue weighted by molar-refractivity contribution is 6.34. The first kappa shape index (κ1) is 15.4. The number of nitrogens with zero attached hydrogens (tertiary/aromatic N) is 2. The Morgan fingerprint density at radius 2 is 2.00 bits per heavy atom. The van der Waals surface area contributed by atoms with Crippen LogP contribution in [0.4, 0.5) is 5.82 Å². The van der Waals surface area contributed by atoms with Gasteiger partial charge in [-0.2, -0.15) is 5.10 Å². The van der Waals surface area contributed by atoms with Crippen molar-refractivity contribution in [3.05, 3.63) is 64.7 Å². The first-order chi connectivity index (χ1) is 12.1. The SMILES string of the molecule is Cc1ccc(C(=O)Nc2cc(-c3nc4ccccc4[nH]3)[nH]n2)c(Cl)c1. The third kappa shape index (κ3) is 2.99. The van der Waals surface area contributed by atoms with Gasteiger partial charge in [0.2, 0.25) is 0 Å². The molecular weight excluding hydrogens is 338 g/mol. The number of benzene rings is 2. The predicted octanol–water partition coefficient (Wildman–Crippen LogP) is 4.17. The van der Waals surface area contributed by atoms with E-state index in [1.807, 2.05) is 37.3 Å². The van der Waals surface area contributed by atoms with E-state index < -0.39 is 0 Å². The normalized spacial score (nSPS) is 11.0. The minimum absolute atomic E-state index is 0.312. The Balaban J connectivity index is 1.57. The highest BCUT2D eigenvalue weighted by atomic mass is 35.5. The van der Waals surface area contributed by atoms with Crippen molar-refractivity contribution in [1.29, 1.82) is 0 Å². The molecule has 0 atom stereocenters. The van der Waals surface area contributed by atoms with Gasteiger partial charge < -0.3 is 10.3 Å². The molecule has 25 heavy (non-hydrogen) atoms. The van der Waals surface area contributed by atoms with Crippen molar-refractivity contribution in [2.75, 3.05) is 5.32 Å². The fraction of sp³-hybridized carbons (Fsp3) is 0.0556. The highest BCUT2D eigenvalue weighted by Gasteiger charge is 2.14. The van der Waals surface area contributed by atoms with Gasteiger partial charge in [0.05, 0.1) is 21.6 Å². The van der Waals surface area contributed by atoms with Gasteiger partial charge in [-0.25, -0.2) is 4.98 Å². The van der Waals surface area contributed by atoms with Crippen molar-refractivity contribution in [3.8, 4) is 11.5 Å². The van der Waals surface area contributed by atoms with Crippen LogP contribution in [0.2, 0.25) is 5.02 Å². The molecule has 4 aromatic rings. The number of carbonyl (C=O) groups is 1. The van der Waals surface area contributed by atoms with Gasteiger partial charge in [0.25, 0.3) is 5.91 Å². The smallest absolute Gasteiger partial charge is 0.258 e. The topological polar surface area (TPSA) is 86.5 Å². The molecule has 2 heterocycles. The zero-order valence-electron chi connectivity index (χ0n) is 13.3.